The Morgan fingerprint density at radius 1 is 1.13 bits per heavy atom. The number of hydrogen-bond donors (Lipinski definition) is 0. The van der Waals surface area contributed by atoms with Crippen LogP contribution in [0.2, 0.25) is 10.0 Å². The van der Waals surface area contributed by atoms with Gasteiger partial charge in [0, 0.05) is 16.0 Å². The molecule has 0 aliphatic rings. The lowest BCUT2D eigenvalue weighted by Crippen LogP contribution is -2.06. The van der Waals surface area contributed by atoms with Gasteiger partial charge in [-0.05, 0) is 25.1 Å². The van der Waals surface area contributed by atoms with Gasteiger partial charge in [0.15, 0.2) is 0 Å². The van der Waals surface area contributed by atoms with E-state index in [0.29, 0.717) is 32.2 Å². The molecule has 23 heavy (non-hydrogen) atoms. The number of rotatable bonds is 3. The fraction of sp³-hybridized carbons (Fsp3) is 0.111. The molecule has 0 saturated carbocycles. The summed E-state index contributed by atoms with van der Waals surface area (Å²) >= 11 is 12.3. The van der Waals surface area contributed by atoms with Gasteiger partial charge in [-0.3, -0.25) is 0 Å². The number of nitrogens with zero attached hydrogens (tertiary/aromatic N) is 1. The summed E-state index contributed by atoms with van der Waals surface area (Å²) in [5.41, 5.74) is 2.48. The molecule has 0 bridgehead atoms. The number of aromatic nitrogens is 1. The van der Waals surface area contributed by atoms with Crippen molar-refractivity contribution < 1.29 is 9.53 Å². The van der Waals surface area contributed by atoms with Gasteiger partial charge in [-0.15, -0.1) is 0 Å². The molecule has 3 aromatic rings. The normalized spacial score (nSPS) is 10.7. The number of halogens is 2. The molecule has 0 aliphatic carbocycles. The SMILES string of the molecule is CCOC(=O)c1cc(-c2ccccc2)nc2c(Cl)cc(Cl)cc12. The Kier molecular flexibility index (Phi) is 4.51. The third-order valence-corrected chi connectivity index (χ3v) is 3.90. The third kappa shape index (κ3) is 3.16. The van der Waals surface area contributed by atoms with Crippen LogP contribution in [0.15, 0.2) is 48.5 Å². The molecule has 1 heterocycles. The van der Waals surface area contributed by atoms with E-state index in [1.165, 1.54) is 0 Å². The summed E-state index contributed by atoms with van der Waals surface area (Å²) in [6.07, 6.45) is 0. The number of carbonyl (C=O) groups is 1. The average molecular weight is 346 g/mol. The topological polar surface area (TPSA) is 39.2 Å². The van der Waals surface area contributed by atoms with Gasteiger partial charge in [0.2, 0.25) is 0 Å². The Balaban J connectivity index is 2.31. The fourth-order valence-corrected chi connectivity index (χ4v) is 2.92. The summed E-state index contributed by atoms with van der Waals surface area (Å²) in [7, 11) is 0. The van der Waals surface area contributed by atoms with Crippen molar-refractivity contribution in [1.29, 1.82) is 0 Å². The van der Waals surface area contributed by atoms with Crippen LogP contribution in [0.5, 0.6) is 0 Å². The lowest BCUT2D eigenvalue weighted by Gasteiger charge is -2.11. The first-order chi connectivity index (χ1) is 11.1. The second-order valence-electron chi connectivity index (χ2n) is 4.93. The van der Waals surface area contributed by atoms with E-state index < -0.39 is 5.97 Å². The van der Waals surface area contributed by atoms with Crippen molar-refractivity contribution in [3.63, 3.8) is 0 Å². The van der Waals surface area contributed by atoms with E-state index in [2.05, 4.69) is 4.98 Å². The van der Waals surface area contributed by atoms with Gasteiger partial charge in [-0.2, -0.15) is 0 Å². The highest BCUT2D eigenvalue weighted by Crippen LogP contribution is 2.32. The van der Waals surface area contributed by atoms with Crippen LogP contribution in [0.4, 0.5) is 0 Å². The molecule has 0 saturated heterocycles. The van der Waals surface area contributed by atoms with Crippen molar-refractivity contribution in [3.05, 3.63) is 64.1 Å². The molecular weight excluding hydrogens is 333 g/mol. The molecule has 0 N–H and O–H groups in total. The smallest absolute Gasteiger partial charge is 0.338 e. The quantitative estimate of drug-likeness (QED) is 0.597. The highest BCUT2D eigenvalue weighted by Gasteiger charge is 2.17. The Morgan fingerprint density at radius 3 is 2.57 bits per heavy atom. The summed E-state index contributed by atoms with van der Waals surface area (Å²) in [5, 5.41) is 1.43. The number of ether oxygens (including phenoxy) is 1. The number of hydrogen-bond acceptors (Lipinski definition) is 3. The largest absolute Gasteiger partial charge is 0.462 e. The van der Waals surface area contributed by atoms with Gasteiger partial charge in [-0.25, -0.2) is 9.78 Å². The van der Waals surface area contributed by atoms with Crippen molar-refractivity contribution in [1.82, 2.24) is 4.98 Å². The van der Waals surface area contributed by atoms with Crippen LogP contribution in [-0.2, 0) is 4.74 Å². The first-order valence-corrected chi connectivity index (χ1v) is 7.88. The van der Waals surface area contributed by atoms with E-state index in [1.807, 2.05) is 30.3 Å². The van der Waals surface area contributed by atoms with Gasteiger partial charge < -0.3 is 4.74 Å². The standard InChI is InChI=1S/C18H13Cl2NO2/c1-2-23-18(22)14-10-16(11-6-4-3-5-7-11)21-17-13(14)8-12(19)9-15(17)20/h3-10H,2H2,1H3. The van der Waals surface area contributed by atoms with Crippen molar-refractivity contribution in [2.24, 2.45) is 0 Å². The zero-order valence-electron chi connectivity index (χ0n) is 12.3. The van der Waals surface area contributed by atoms with Crippen LogP contribution < -0.4 is 0 Å². The van der Waals surface area contributed by atoms with Crippen LogP contribution in [0.1, 0.15) is 17.3 Å². The van der Waals surface area contributed by atoms with E-state index >= 15 is 0 Å². The molecule has 3 rings (SSSR count). The summed E-state index contributed by atoms with van der Waals surface area (Å²) in [6.45, 7) is 2.05. The minimum Gasteiger partial charge on any atom is -0.462 e. The van der Waals surface area contributed by atoms with E-state index in [1.54, 1.807) is 25.1 Å². The predicted molar refractivity (Wildman–Crippen MR) is 93.2 cm³/mol. The molecule has 0 amide bonds. The lowest BCUT2D eigenvalue weighted by molar-refractivity contribution is 0.0528. The number of pyridine rings is 1. The predicted octanol–water partition coefficient (Wildman–Crippen LogP) is 5.39. The molecule has 0 aliphatic heterocycles. The van der Waals surface area contributed by atoms with Gasteiger partial charge in [0.25, 0.3) is 0 Å². The van der Waals surface area contributed by atoms with Crippen LogP contribution in [0.25, 0.3) is 22.2 Å². The summed E-state index contributed by atoms with van der Waals surface area (Å²) in [5.74, 6) is -0.421. The van der Waals surface area contributed by atoms with Crippen LogP contribution in [-0.4, -0.2) is 17.6 Å². The van der Waals surface area contributed by atoms with E-state index in [-0.39, 0.29) is 6.61 Å². The molecule has 3 nitrogen and oxygen atoms in total. The molecule has 5 heteroatoms. The van der Waals surface area contributed by atoms with Gasteiger partial charge >= 0.3 is 5.97 Å². The Bertz CT molecular complexity index is 879. The summed E-state index contributed by atoms with van der Waals surface area (Å²) in [6, 6.07) is 14.6. The Hall–Kier alpha value is -2.10. The highest BCUT2D eigenvalue weighted by molar-refractivity contribution is 6.38. The summed E-state index contributed by atoms with van der Waals surface area (Å²) < 4.78 is 5.15. The molecule has 1 aromatic heterocycles. The number of esters is 1. The van der Waals surface area contributed by atoms with Gasteiger partial charge in [0.05, 0.1) is 28.4 Å². The maximum atomic E-state index is 12.3. The fourth-order valence-electron chi connectivity index (χ4n) is 2.39. The molecule has 116 valence electrons. The Morgan fingerprint density at radius 2 is 1.87 bits per heavy atom. The maximum Gasteiger partial charge on any atom is 0.338 e. The first-order valence-electron chi connectivity index (χ1n) is 7.12. The van der Waals surface area contributed by atoms with Gasteiger partial charge in [-0.1, -0.05) is 53.5 Å². The zero-order chi connectivity index (χ0) is 16.4. The summed E-state index contributed by atoms with van der Waals surface area (Å²) in [4.78, 5) is 16.9. The van der Waals surface area contributed by atoms with Gasteiger partial charge in [0.1, 0.15) is 0 Å². The zero-order valence-corrected chi connectivity index (χ0v) is 13.9. The number of benzene rings is 2. The van der Waals surface area contributed by atoms with E-state index in [4.69, 9.17) is 27.9 Å². The molecular formula is C18H13Cl2NO2. The lowest BCUT2D eigenvalue weighted by atomic mass is 10.0. The molecule has 0 unspecified atom stereocenters. The second kappa shape index (κ2) is 6.57. The molecule has 0 fully saturated rings. The minimum absolute atomic E-state index is 0.289. The first kappa shape index (κ1) is 15.8. The molecule has 0 radical (unpaired) electrons. The van der Waals surface area contributed by atoms with E-state index in [0.717, 1.165) is 5.56 Å². The average Bonchev–Trinajstić information content (AvgIpc) is 2.55. The van der Waals surface area contributed by atoms with E-state index in [9.17, 15) is 4.79 Å². The number of carbonyl (C=O) groups excluding carboxylic acids is 1. The van der Waals surface area contributed by atoms with Crippen molar-refractivity contribution in [3.8, 4) is 11.3 Å². The second-order valence-corrected chi connectivity index (χ2v) is 5.77. The van der Waals surface area contributed by atoms with Crippen LogP contribution in [0.3, 0.4) is 0 Å². The third-order valence-electron chi connectivity index (χ3n) is 3.40. The maximum absolute atomic E-state index is 12.3. The molecule has 2 aromatic carbocycles. The van der Waals surface area contributed by atoms with Crippen LogP contribution >= 0.6 is 23.2 Å². The number of fused-ring (bicyclic) bond motifs is 1. The van der Waals surface area contributed by atoms with Crippen molar-refractivity contribution in [2.75, 3.05) is 6.61 Å². The molecule has 0 spiro atoms. The monoisotopic (exact) mass is 345 g/mol. The minimum atomic E-state index is -0.421. The highest BCUT2D eigenvalue weighted by atomic mass is 35.5. The van der Waals surface area contributed by atoms with Crippen molar-refractivity contribution >= 4 is 40.1 Å². The van der Waals surface area contributed by atoms with Crippen molar-refractivity contribution in [2.45, 2.75) is 6.92 Å². The van der Waals surface area contributed by atoms with Crippen LogP contribution in [0, 0.1) is 0 Å². The Labute approximate surface area is 143 Å². The molecule has 0 atom stereocenters.